The van der Waals surface area contributed by atoms with Crippen molar-refractivity contribution in [3.63, 3.8) is 0 Å². The normalized spacial score (nSPS) is 23.8. The van der Waals surface area contributed by atoms with E-state index < -0.39 is 0 Å². The molecule has 6 heteroatoms. The Morgan fingerprint density at radius 2 is 1.88 bits per heavy atom. The highest BCUT2D eigenvalue weighted by atomic mass is 16.5. The van der Waals surface area contributed by atoms with Crippen molar-refractivity contribution >= 4 is 11.7 Å². The fraction of sp³-hybridized carbons (Fsp3) is 0.579. The van der Waals surface area contributed by atoms with Crippen LogP contribution < -0.4 is 4.74 Å². The summed E-state index contributed by atoms with van der Waals surface area (Å²) >= 11 is 0. The fourth-order valence-corrected chi connectivity index (χ4v) is 3.67. The van der Waals surface area contributed by atoms with Crippen LogP contribution >= 0.6 is 0 Å². The van der Waals surface area contributed by atoms with Gasteiger partial charge in [-0.15, -0.1) is 0 Å². The number of amides is 1. The largest absolute Gasteiger partial charge is 0.497 e. The molecule has 0 aliphatic carbocycles. The van der Waals surface area contributed by atoms with Gasteiger partial charge in [-0.05, 0) is 31.3 Å². The number of hydrogen-bond acceptors (Lipinski definition) is 5. The summed E-state index contributed by atoms with van der Waals surface area (Å²) in [7, 11) is 3.68. The molecule has 2 fully saturated rings. The van der Waals surface area contributed by atoms with Crippen molar-refractivity contribution in [3.8, 4) is 5.75 Å². The first-order valence-corrected chi connectivity index (χ1v) is 8.80. The van der Waals surface area contributed by atoms with E-state index >= 15 is 0 Å². The molecule has 3 rings (SSSR count). The minimum atomic E-state index is -0.0119. The molecule has 0 N–H and O–H groups in total. The van der Waals surface area contributed by atoms with Gasteiger partial charge in [-0.25, -0.2) is 0 Å². The van der Waals surface area contributed by atoms with E-state index in [1.807, 2.05) is 4.90 Å². The summed E-state index contributed by atoms with van der Waals surface area (Å²) in [6, 6.07) is 7.10. The topological polar surface area (TPSA) is 59.1 Å². The van der Waals surface area contributed by atoms with E-state index in [0.717, 1.165) is 19.6 Å². The van der Waals surface area contributed by atoms with Crippen molar-refractivity contribution in [1.82, 2.24) is 9.80 Å². The van der Waals surface area contributed by atoms with Crippen LogP contribution in [0.25, 0.3) is 0 Å². The van der Waals surface area contributed by atoms with Crippen LogP contribution in [0.1, 0.15) is 23.2 Å². The van der Waals surface area contributed by atoms with Gasteiger partial charge in [0, 0.05) is 44.0 Å². The molecule has 0 spiro atoms. The van der Waals surface area contributed by atoms with E-state index in [1.54, 1.807) is 31.4 Å². The maximum atomic E-state index is 12.7. The lowest BCUT2D eigenvalue weighted by molar-refractivity contribution is -0.133. The molecule has 2 aliphatic rings. The summed E-state index contributed by atoms with van der Waals surface area (Å²) in [6.07, 6.45) is 0.480. The third kappa shape index (κ3) is 4.38. The molecule has 2 bridgehead atoms. The standard InChI is InChI=1S/C19H26N2O4/c1-20-9-14-10-21(16(11-20)13-25-12-14)19(23)8-7-18(22)15-3-5-17(24-2)6-4-15/h3-6,14,16H,7-13H2,1-2H3/t14-,16-/m0/s1. The zero-order chi connectivity index (χ0) is 17.8. The number of Topliss-reactive ketones (excluding diaryl/α,β-unsaturated/α-hetero) is 1. The average Bonchev–Trinajstić information content (AvgIpc) is 2.89. The van der Waals surface area contributed by atoms with E-state index in [9.17, 15) is 9.59 Å². The van der Waals surface area contributed by atoms with Gasteiger partial charge in [0.2, 0.25) is 5.91 Å². The molecule has 2 atom stereocenters. The van der Waals surface area contributed by atoms with Crippen molar-refractivity contribution in [3.05, 3.63) is 29.8 Å². The summed E-state index contributed by atoms with van der Waals surface area (Å²) in [5.74, 6) is 1.10. The molecule has 0 saturated carbocycles. The van der Waals surface area contributed by atoms with Gasteiger partial charge >= 0.3 is 0 Å². The Bertz CT molecular complexity index is 616. The summed E-state index contributed by atoms with van der Waals surface area (Å²) in [6.45, 7) is 3.79. The lowest BCUT2D eigenvalue weighted by Gasteiger charge is -2.29. The highest BCUT2D eigenvalue weighted by Gasteiger charge is 2.34. The number of benzene rings is 1. The first kappa shape index (κ1) is 17.9. The molecule has 2 heterocycles. The fourth-order valence-electron chi connectivity index (χ4n) is 3.67. The Kier molecular flexibility index (Phi) is 5.71. The number of carbonyl (C=O) groups is 2. The Labute approximate surface area is 148 Å². The number of rotatable bonds is 5. The first-order chi connectivity index (χ1) is 12.1. The van der Waals surface area contributed by atoms with Gasteiger partial charge < -0.3 is 19.3 Å². The van der Waals surface area contributed by atoms with Crippen molar-refractivity contribution in [2.45, 2.75) is 18.9 Å². The minimum Gasteiger partial charge on any atom is -0.497 e. The highest BCUT2D eigenvalue weighted by molar-refractivity contribution is 5.98. The van der Waals surface area contributed by atoms with Crippen LogP contribution in [0.15, 0.2) is 24.3 Å². The molecule has 25 heavy (non-hydrogen) atoms. The van der Waals surface area contributed by atoms with Crippen molar-refractivity contribution in [2.75, 3.05) is 47.0 Å². The second kappa shape index (κ2) is 7.97. The summed E-state index contributed by atoms with van der Waals surface area (Å²) in [4.78, 5) is 29.3. The van der Waals surface area contributed by atoms with Gasteiger partial charge in [0.15, 0.2) is 5.78 Å². The monoisotopic (exact) mass is 346 g/mol. The van der Waals surface area contributed by atoms with Crippen molar-refractivity contribution < 1.29 is 19.1 Å². The number of likely N-dealkylation sites (N-methyl/N-ethyl adjacent to an activating group) is 1. The van der Waals surface area contributed by atoms with E-state index in [1.165, 1.54) is 0 Å². The number of methoxy groups -OCH3 is 1. The SMILES string of the molecule is COc1ccc(C(=O)CCC(=O)N2C[C@H]3COC[C@@H]2CN(C)C3)cc1. The molecule has 136 valence electrons. The number of fused-ring (bicyclic) bond motifs is 3. The van der Waals surface area contributed by atoms with E-state index in [2.05, 4.69) is 11.9 Å². The van der Waals surface area contributed by atoms with Crippen LogP contribution in [0.2, 0.25) is 0 Å². The Hall–Kier alpha value is -1.92. The molecule has 1 amide bonds. The predicted molar refractivity (Wildman–Crippen MR) is 93.9 cm³/mol. The Balaban J connectivity index is 1.58. The smallest absolute Gasteiger partial charge is 0.223 e. The van der Waals surface area contributed by atoms with Crippen LogP contribution in [-0.2, 0) is 9.53 Å². The van der Waals surface area contributed by atoms with Crippen molar-refractivity contribution in [2.24, 2.45) is 5.92 Å². The van der Waals surface area contributed by atoms with Crippen LogP contribution in [0.4, 0.5) is 0 Å². The Morgan fingerprint density at radius 3 is 2.60 bits per heavy atom. The molecule has 2 aliphatic heterocycles. The maximum Gasteiger partial charge on any atom is 0.223 e. The molecule has 0 unspecified atom stereocenters. The Morgan fingerprint density at radius 1 is 1.12 bits per heavy atom. The van der Waals surface area contributed by atoms with Crippen LogP contribution in [0.3, 0.4) is 0 Å². The summed E-state index contributed by atoms with van der Waals surface area (Å²) in [5.41, 5.74) is 0.617. The third-order valence-electron chi connectivity index (χ3n) is 4.95. The van der Waals surface area contributed by atoms with Gasteiger partial charge in [-0.3, -0.25) is 9.59 Å². The van der Waals surface area contributed by atoms with E-state index in [-0.39, 0.29) is 30.6 Å². The lowest BCUT2D eigenvalue weighted by Crippen LogP contribution is -2.46. The first-order valence-electron chi connectivity index (χ1n) is 8.80. The average molecular weight is 346 g/mol. The zero-order valence-corrected chi connectivity index (χ0v) is 14.9. The van der Waals surface area contributed by atoms with Gasteiger partial charge in [-0.1, -0.05) is 0 Å². The second-order valence-electron chi connectivity index (χ2n) is 6.98. The third-order valence-corrected chi connectivity index (χ3v) is 4.95. The molecule has 1 aromatic rings. The number of carbonyl (C=O) groups excluding carboxylic acids is 2. The van der Waals surface area contributed by atoms with Crippen LogP contribution in [0, 0.1) is 5.92 Å². The predicted octanol–water partition coefficient (Wildman–Crippen LogP) is 1.45. The molecule has 6 nitrogen and oxygen atoms in total. The molecular weight excluding hydrogens is 320 g/mol. The van der Waals surface area contributed by atoms with Crippen LogP contribution in [-0.4, -0.2) is 74.5 Å². The number of ether oxygens (including phenoxy) is 2. The van der Waals surface area contributed by atoms with Crippen molar-refractivity contribution in [1.29, 1.82) is 0 Å². The van der Waals surface area contributed by atoms with E-state index in [4.69, 9.17) is 9.47 Å². The summed E-state index contributed by atoms with van der Waals surface area (Å²) in [5, 5.41) is 0. The number of ketones is 1. The quantitative estimate of drug-likeness (QED) is 0.755. The number of nitrogens with zero attached hydrogens (tertiary/aromatic N) is 2. The highest BCUT2D eigenvalue weighted by Crippen LogP contribution is 2.20. The van der Waals surface area contributed by atoms with Gasteiger partial charge in [0.1, 0.15) is 5.75 Å². The molecule has 1 aromatic carbocycles. The second-order valence-corrected chi connectivity index (χ2v) is 6.98. The zero-order valence-electron chi connectivity index (χ0n) is 14.9. The number of hydrogen-bond donors (Lipinski definition) is 0. The maximum absolute atomic E-state index is 12.7. The minimum absolute atomic E-state index is 0.0119. The lowest BCUT2D eigenvalue weighted by atomic mass is 10.1. The molecule has 0 aromatic heterocycles. The summed E-state index contributed by atoms with van der Waals surface area (Å²) < 4.78 is 10.8. The molecular formula is C19H26N2O4. The van der Waals surface area contributed by atoms with Gasteiger partial charge in [-0.2, -0.15) is 0 Å². The van der Waals surface area contributed by atoms with Gasteiger partial charge in [0.25, 0.3) is 0 Å². The van der Waals surface area contributed by atoms with Gasteiger partial charge in [0.05, 0.1) is 26.4 Å². The molecule has 0 radical (unpaired) electrons. The molecule has 2 saturated heterocycles. The van der Waals surface area contributed by atoms with Crippen LogP contribution in [0.5, 0.6) is 5.75 Å². The van der Waals surface area contributed by atoms with E-state index in [0.29, 0.717) is 30.4 Å².